The van der Waals surface area contributed by atoms with Gasteiger partial charge in [-0.25, -0.2) is 0 Å². The van der Waals surface area contributed by atoms with Gasteiger partial charge in [0.25, 0.3) is 0 Å². The van der Waals surface area contributed by atoms with Gasteiger partial charge in [-0.05, 0) is 31.3 Å². The maximum atomic E-state index is 11.8. The van der Waals surface area contributed by atoms with Crippen molar-refractivity contribution in [1.82, 2.24) is 10.6 Å². The zero-order chi connectivity index (χ0) is 10.7. The summed E-state index contributed by atoms with van der Waals surface area (Å²) in [5.41, 5.74) is 0. The fraction of sp³-hybridized carbons (Fsp3) is 0.545. The highest BCUT2D eigenvalue weighted by Gasteiger charge is 2.23. The van der Waals surface area contributed by atoms with Crippen LogP contribution in [0.5, 0.6) is 0 Å². The van der Waals surface area contributed by atoms with E-state index < -0.39 is 0 Å². The van der Waals surface area contributed by atoms with E-state index in [1.165, 1.54) is 4.88 Å². The molecule has 1 aliphatic heterocycles. The van der Waals surface area contributed by atoms with Crippen LogP contribution in [0, 0.1) is 5.92 Å². The van der Waals surface area contributed by atoms with Gasteiger partial charge in [0, 0.05) is 11.4 Å². The molecule has 0 radical (unpaired) electrons. The van der Waals surface area contributed by atoms with Crippen LogP contribution in [0.4, 0.5) is 0 Å². The minimum atomic E-state index is 0. The number of rotatable bonds is 3. The zero-order valence-corrected chi connectivity index (χ0v) is 10.9. The lowest BCUT2D eigenvalue weighted by atomic mass is 10.1. The lowest BCUT2D eigenvalue weighted by Gasteiger charge is -2.15. The highest BCUT2D eigenvalue weighted by Crippen LogP contribution is 2.19. The molecule has 1 aromatic heterocycles. The summed E-state index contributed by atoms with van der Waals surface area (Å²) in [4.78, 5) is 13.0. The van der Waals surface area contributed by atoms with Gasteiger partial charge in [-0.1, -0.05) is 6.07 Å². The summed E-state index contributed by atoms with van der Waals surface area (Å²) in [6, 6.07) is 4.21. The molecule has 0 saturated carbocycles. The summed E-state index contributed by atoms with van der Waals surface area (Å²) >= 11 is 1.69. The SMILES string of the molecule is CC(NC(=O)C1CCNC1)c1cccs1.Cl. The normalized spacial score (nSPS) is 21.2. The summed E-state index contributed by atoms with van der Waals surface area (Å²) in [5, 5.41) is 8.30. The van der Waals surface area contributed by atoms with Gasteiger partial charge in [-0.15, -0.1) is 23.7 Å². The molecule has 0 bridgehead atoms. The Morgan fingerprint density at radius 1 is 1.69 bits per heavy atom. The van der Waals surface area contributed by atoms with Gasteiger partial charge >= 0.3 is 0 Å². The van der Waals surface area contributed by atoms with Crippen molar-refractivity contribution in [1.29, 1.82) is 0 Å². The second-order valence-corrected chi connectivity index (χ2v) is 4.91. The zero-order valence-electron chi connectivity index (χ0n) is 9.23. The van der Waals surface area contributed by atoms with Crippen LogP contribution >= 0.6 is 23.7 Å². The van der Waals surface area contributed by atoms with Crippen LogP contribution in [0.3, 0.4) is 0 Å². The first-order chi connectivity index (χ1) is 7.27. The Hall–Kier alpha value is -0.580. The van der Waals surface area contributed by atoms with Gasteiger partial charge in [0.2, 0.25) is 5.91 Å². The maximum absolute atomic E-state index is 11.8. The van der Waals surface area contributed by atoms with Crippen molar-refractivity contribution in [2.24, 2.45) is 5.92 Å². The molecule has 1 amide bonds. The van der Waals surface area contributed by atoms with Crippen molar-refractivity contribution in [3.63, 3.8) is 0 Å². The predicted molar refractivity (Wildman–Crippen MR) is 69.1 cm³/mol. The molecule has 3 nitrogen and oxygen atoms in total. The van der Waals surface area contributed by atoms with E-state index in [9.17, 15) is 4.79 Å². The average Bonchev–Trinajstić information content (AvgIpc) is 2.91. The van der Waals surface area contributed by atoms with Crippen molar-refractivity contribution < 1.29 is 4.79 Å². The molecule has 1 fully saturated rings. The molecule has 2 N–H and O–H groups in total. The van der Waals surface area contributed by atoms with Gasteiger partial charge in [0.15, 0.2) is 0 Å². The van der Waals surface area contributed by atoms with E-state index in [0.29, 0.717) is 0 Å². The smallest absolute Gasteiger partial charge is 0.224 e. The number of thiophene rings is 1. The topological polar surface area (TPSA) is 41.1 Å². The molecule has 0 aliphatic carbocycles. The van der Waals surface area contributed by atoms with Crippen molar-refractivity contribution in [3.05, 3.63) is 22.4 Å². The molecular weight excluding hydrogens is 244 g/mol. The molecule has 0 spiro atoms. The first kappa shape index (κ1) is 13.5. The highest BCUT2D eigenvalue weighted by molar-refractivity contribution is 7.10. The molecule has 1 aliphatic rings. The van der Waals surface area contributed by atoms with Gasteiger partial charge in [0.05, 0.1) is 12.0 Å². The van der Waals surface area contributed by atoms with Crippen LogP contribution in [0.25, 0.3) is 0 Å². The first-order valence-electron chi connectivity index (χ1n) is 5.32. The number of hydrogen-bond acceptors (Lipinski definition) is 3. The minimum Gasteiger partial charge on any atom is -0.348 e. The molecule has 1 aromatic rings. The number of carbonyl (C=O) groups excluding carboxylic acids is 1. The molecular formula is C11H17ClN2OS. The summed E-state index contributed by atoms with van der Waals surface area (Å²) in [6.45, 7) is 3.82. The third kappa shape index (κ3) is 3.20. The van der Waals surface area contributed by atoms with E-state index in [1.807, 2.05) is 18.4 Å². The van der Waals surface area contributed by atoms with Gasteiger partial charge in [-0.2, -0.15) is 0 Å². The number of amides is 1. The minimum absolute atomic E-state index is 0. The first-order valence-corrected chi connectivity index (χ1v) is 6.20. The number of hydrogen-bond donors (Lipinski definition) is 2. The molecule has 1 saturated heterocycles. The Balaban J connectivity index is 0.00000128. The Kier molecular flexibility index (Phi) is 5.25. The lowest BCUT2D eigenvalue weighted by Crippen LogP contribution is -2.33. The van der Waals surface area contributed by atoms with E-state index in [-0.39, 0.29) is 30.3 Å². The third-order valence-corrected chi connectivity index (χ3v) is 3.81. The van der Waals surface area contributed by atoms with Crippen molar-refractivity contribution in [2.45, 2.75) is 19.4 Å². The number of nitrogens with one attached hydrogen (secondary N) is 2. The maximum Gasteiger partial charge on any atom is 0.224 e. The molecule has 2 rings (SSSR count). The Bertz CT molecular complexity index is 323. The van der Waals surface area contributed by atoms with E-state index in [0.717, 1.165) is 19.5 Å². The molecule has 2 unspecified atom stereocenters. The monoisotopic (exact) mass is 260 g/mol. The van der Waals surface area contributed by atoms with E-state index in [4.69, 9.17) is 0 Å². The average molecular weight is 261 g/mol. The van der Waals surface area contributed by atoms with Gasteiger partial charge in [-0.3, -0.25) is 4.79 Å². The van der Waals surface area contributed by atoms with Crippen molar-refractivity contribution >= 4 is 29.7 Å². The van der Waals surface area contributed by atoms with Crippen LogP contribution < -0.4 is 10.6 Å². The Labute approximate surface area is 106 Å². The number of carbonyl (C=O) groups is 1. The second kappa shape index (κ2) is 6.23. The summed E-state index contributed by atoms with van der Waals surface area (Å²) in [5.74, 6) is 0.341. The van der Waals surface area contributed by atoms with Gasteiger partial charge < -0.3 is 10.6 Å². The van der Waals surface area contributed by atoms with E-state index in [1.54, 1.807) is 11.3 Å². The third-order valence-electron chi connectivity index (χ3n) is 2.76. The van der Waals surface area contributed by atoms with Crippen molar-refractivity contribution in [2.75, 3.05) is 13.1 Å². The highest BCUT2D eigenvalue weighted by atomic mass is 35.5. The van der Waals surface area contributed by atoms with Crippen molar-refractivity contribution in [3.8, 4) is 0 Å². The molecule has 2 heterocycles. The molecule has 5 heteroatoms. The molecule has 16 heavy (non-hydrogen) atoms. The lowest BCUT2D eigenvalue weighted by molar-refractivity contribution is -0.125. The van der Waals surface area contributed by atoms with Crippen LogP contribution in [0.15, 0.2) is 17.5 Å². The largest absolute Gasteiger partial charge is 0.348 e. The quantitative estimate of drug-likeness (QED) is 0.872. The number of halogens is 1. The summed E-state index contributed by atoms with van der Waals surface area (Å²) in [7, 11) is 0. The molecule has 90 valence electrons. The summed E-state index contributed by atoms with van der Waals surface area (Å²) in [6.07, 6.45) is 0.961. The predicted octanol–water partition coefficient (Wildman–Crippen LogP) is 1.96. The van der Waals surface area contributed by atoms with Crippen LogP contribution in [-0.2, 0) is 4.79 Å². The Morgan fingerprint density at radius 2 is 2.50 bits per heavy atom. The van der Waals surface area contributed by atoms with Gasteiger partial charge in [0.1, 0.15) is 0 Å². The van der Waals surface area contributed by atoms with Crippen LogP contribution in [0.1, 0.15) is 24.3 Å². The standard InChI is InChI=1S/C11H16N2OS.ClH/c1-8(10-3-2-6-15-10)13-11(14)9-4-5-12-7-9;/h2-3,6,8-9,12H,4-5,7H2,1H3,(H,13,14);1H. The molecule has 2 atom stereocenters. The fourth-order valence-corrected chi connectivity index (χ4v) is 2.55. The second-order valence-electron chi connectivity index (χ2n) is 3.94. The molecule has 0 aromatic carbocycles. The summed E-state index contributed by atoms with van der Waals surface area (Å²) < 4.78 is 0. The van der Waals surface area contributed by atoms with Crippen LogP contribution in [0.2, 0.25) is 0 Å². The Morgan fingerprint density at radius 3 is 3.06 bits per heavy atom. The van der Waals surface area contributed by atoms with Crippen LogP contribution in [-0.4, -0.2) is 19.0 Å². The van der Waals surface area contributed by atoms with E-state index >= 15 is 0 Å². The fourth-order valence-electron chi connectivity index (χ4n) is 1.82. The van der Waals surface area contributed by atoms with E-state index in [2.05, 4.69) is 16.7 Å².